The van der Waals surface area contributed by atoms with E-state index in [1.54, 1.807) is 19.1 Å². The minimum absolute atomic E-state index is 0.267. The van der Waals surface area contributed by atoms with E-state index in [2.05, 4.69) is 15.4 Å². The highest BCUT2D eigenvalue weighted by Gasteiger charge is 2.10. The van der Waals surface area contributed by atoms with E-state index < -0.39 is 0 Å². The molecule has 0 atom stereocenters. The first-order valence-electron chi connectivity index (χ1n) is 5.61. The molecule has 3 N–H and O–H groups in total. The van der Waals surface area contributed by atoms with Gasteiger partial charge in [-0.15, -0.1) is 0 Å². The lowest BCUT2D eigenvalue weighted by Gasteiger charge is -2.09. The third-order valence-electron chi connectivity index (χ3n) is 2.96. The van der Waals surface area contributed by atoms with Crippen molar-refractivity contribution in [1.82, 2.24) is 9.97 Å². The Morgan fingerprint density at radius 1 is 1.17 bits per heavy atom. The molecule has 4 nitrogen and oxygen atoms in total. The summed E-state index contributed by atoms with van der Waals surface area (Å²) < 4.78 is 13.5. The maximum absolute atomic E-state index is 13.5. The van der Waals surface area contributed by atoms with Crippen LogP contribution < -0.4 is 11.3 Å². The molecule has 94 valence electrons. The largest absolute Gasteiger partial charge is 0.308 e. The number of aromatic nitrogens is 2. The Bertz CT molecular complexity index is 596. The molecule has 0 amide bonds. The van der Waals surface area contributed by atoms with E-state index in [0.717, 1.165) is 11.3 Å². The van der Waals surface area contributed by atoms with Crippen molar-refractivity contribution < 1.29 is 4.39 Å². The highest BCUT2D eigenvalue weighted by molar-refractivity contribution is 5.60. The van der Waals surface area contributed by atoms with Crippen molar-refractivity contribution in [1.29, 1.82) is 0 Å². The first-order valence-corrected chi connectivity index (χ1v) is 5.61. The van der Waals surface area contributed by atoms with Gasteiger partial charge in [0.15, 0.2) is 5.82 Å². The number of nitrogen functional groups attached to an aromatic ring is 1. The summed E-state index contributed by atoms with van der Waals surface area (Å²) in [4.78, 5) is 8.63. The lowest BCUT2D eigenvalue weighted by atomic mass is 10.1. The number of benzene rings is 1. The third kappa shape index (κ3) is 2.17. The van der Waals surface area contributed by atoms with Crippen LogP contribution in [0.4, 0.5) is 10.2 Å². The average molecular weight is 246 g/mol. The van der Waals surface area contributed by atoms with Crippen LogP contribution >= 0.6 is 0 Å². The molecule has 5 heteroatoms. The van der Waals surface area contributed by atoms with Crippen molar-refractivity contribution in [3.8, 4) is 11.4 Å². The van der Waals surface area contributed by atoms with E-state index in [-0.39, 0.29) is 5.82 Å². The SMILES string of the molecule is Cc1ccc(-c2nc(C)c(C)c(NN)n2)cc1F. The molecule has 0 aliphatic carbocycles. The molecule has 18 heavy (non-hydrogen) atoms. The van der Waals surface area contributed by atoms with Gasteiger partial charge in [-0.2, -0.15) is 0 Å². The van der Waals surface area contributed by atoms with Gasteiger partial charge in [-0.3, -0.25) is 0 Å². The van der Waals surface area contributed by atoms with Crippen LogP contribution in [-0.2, 0) is 0 Å². The number of nitrogens with one attached hydrogen (secondary N) is 1. The summed E-state index contributed by atoms with van der Waals surface area (Å²) in [6.07, 6.45) is 0. The highest BCUT2D eigenvalue weighted by atomic mass is 19.1. The summed E-state index contributed by atoms with van der Waals surface area (Å²) in [7, 11) is 0. The van der Waals surface area contributed by atoms with E-state index in [9.17, 15) is 4.39 Å². The smallest absolute Gasteiger partial charge is 0.161 e. The van der Waals surface area contributed by atoms with Gasteiger partial charge < -0.3 is 5.43 Å². The normalized spacial score (nSPS) is 10.5. The molecule has 0 bridgehead atoms. The molecular weight excluding hydrogens is 231 g/mol. The highest BCUT2D eigenvalue weighted by Crippen LogP contribution is 2.22. The number of nitrogens with two attached hydrogens (primary N) is 1. The van der Waals surface area contributed by atoms with Gasteiger partial charge in [0.25, 0.3) is 0 Å². The second-order valence-corrected chi connectivity index (χ2v) is 4.21. The van der Waals surface area contributed by atoms with Crippen LogP contribution in [0.1, 0.15) is 16.8 Å². The van der Waals surface area contributed by atoms with Crippen molar-refractivity contribution in [2.45, 2.75) is 20.8 Å². The molecule has 1 aromatic carbocycles. The molecule has 0 saturated heterocycles. The lowest BCUT2D eigenvalue weighted by Crippen LogP contribution is -2.12. The maximum Gasteiger partial charge on any atom is 0.161 e. The van der Waals surface area contributed by atoms with Crippen molar-refractivity contribution in [3.05, 3.63) is 40.8 Å². The summed E-state index contributed by atoms with van der Waals surface area (Å²) in [5.74, 6) is 6.16. The number of nitrogens with zero attached hydrogens (tertiary/aromatic N) is 2. The lowest BCUT2D eigenvalue weighted by molar-refractivity contribution is 0.619. The number of halogens is 1. The summed E-state index contributed by atoms with van der Waals surface area (Å²) in [5.41, 5.74) is 5.46. The van der Waals surface area contributed by atoms with Gasteiger partial charge in [0.1, 0.15) is 11.6 Å². The molecule has 0 fully saturated rings. The quantitative estimate of drug-likeness (QED) is 0.631. The van der Waals surface area contributed by atoms with Gasteiger partial charge >= 0.3 is 0 Å². The van der Waals surface area contributed by atoms with Gasteiger partial charge in [-0.05, 0) is 32.4 Å². The van der Waals surface area contributed by atoms with E-state index in [4.69, 9.17) is 5.84 Å². The summed E-state index contributed by atoms with van der Waals surface area (Å²) in [6, 6.07) is 4.93. The van der Waals surface area contributed by atoms with E-state index >= 15 is 0 Å². The number of hydrogen-bond donors (Lipinski definition) is 2. The van der Waals surface area contributed by atoms with Crippen molar-refractivity contribution in [3.63, 3.8) is 0 Å². The zero-order valence-corrected chi connectivity index (χ0v) is 10.6. The van der Waals surface area contributed by atoms with E-state index in [0.29, 0.717) is 22.8 Å². The molecule has 2 rings (SSSR count). The number of hydrogen-bond acceptors (Lipinski definition) is 4. The molecular formula is C13H15FN4. The van der Waals surface area contributed by atoms with Crippen LogP contribution in [0.25, 0.3) is 11.4 Å². The number of hydrazine groups is 1. The average Bonchev–Trinajstić information content (AvgIpc) is 2.36. The fourth-order valence-electron chi connectivity index (χ4n) is 1.63. The molecule has 0 unspecified atom stereocenters. The van der Waals surface area contributed by atoms with Gasteiger partial charge in [0, 0.05) is 16.8 Å². The first kappa shape index (κ1) is 12.4. The molecule has 0 aliphatic rings. The van der Waals surface area contributed by atoms with Gasteiger partial charge in [0.2, 0.25) is 0 Å². The Labute approximate surface area is 105 Å². The van der Waals surface area contributed by atoms with Gasteiger partial charge in [-0.25, -0.2) is 20.2 Å². The van der Waals surface area contributed by atoms with Gasteiger partial charge in [0.05, 0.1) is 0 Å². The zero-order valence-electron chi connectivity index (χ0n) is 10.6. The Balaban J connectivity index is 2.57. The van der Waals surface area contributed by atoms with Crippen molar-refractivity contribution in [2.24, 2.45) is 5.84 Å². The Morgan fingerprint density at radius 3 is 2.50 bits per heavy atom. The summed E-state index contributed by atoms with van der Waals surface area (Å²) >= 11 is 0. The van der Waals surface area contributed by atoms with Crippen molar-refractivity contribution >= 4 is 5.82 Å². The molecule has 0 saturated carbocycles. The second kappa shape index (κ2) is 4.70. The fraction of sp³-hybridized carbons (Fsp3) is 0.231. The second-order valence-electron chi connectivity index (χ2n) is 4.21. The minimum Gasteiger partial charge on any atom is -0.308 e. The Kier molecular flexibility index (Phi) is 3.25. The predicted molar refractivity (Wildman–Crippen MR) is 69.4 cm³/mol. The third-order valence-corrected chi connectivity index (χ3v) is 2.96. The van der Waals surface area contributed by atoms with Crippen LogP contribution in [0.15, 0.2) is 18.2 Å². The Morgan fingerprint density at radius 2 is 1.89 bits per heavy atom. The van der Waals surface area contributed by atoms with Crippen LogP contribution in [0.5, 0.6) is 0 Å². The van der Waals surface area contributed by atoms with E-state index in [1.165, 1.54) is 6.07 Å². The van der Waals surface area contributed by atoms with Crippen LogP contribution in [0.2, 0.25) is 0 Å². The number of aryl methyl sites for hydroxylation is 2. The number of rotatable bonds is 2. The molecule has 0 radical (unpaired) electrons. The Hall–Kier alpha value is -2.01. The van der Waals surface area contributed by atoms with Gasteiger partial charge in [-0.1, -0.05) is 12.1 Å². The fourth-order valence-corrected chi connectivity index (χ4v) is 1.63. The van der Waals surface area contributed by atoms with Crippen molar-refractivity contribution in [2.75, 3.05) is 5.43 Å². The predicted octanol–water partition coefficient (Wildman–Crippen LogP) is 2.49. The zero-order chi connectivity index (χ0) is 13.3. The molecule has 0 spiro atoms. The maximum atomic E-state index is 13.5. The topological polar surface area (TPSA) is 63.8 Å². The monoisotopic (exact) mass is 246 g/mol. The number of anilines is 1. The van der Waals surface area contributed by atoms with Crippen LogP contribution in [-0.4, -0.2) is 9.97 Å². The standard InChI is InChI=1S/C13H15FN4/c1-7-4-5-10(6-11(7)14)13-16-9(3)8(2)12(17-13)18-15/h4-6H,15H2,1-3H3,(H,16,17,18). The summed E-state index contributed by atoms with van der Waals surface area (Å²) in [5, 5.41) is 0. The molecule has 1 aromatic heterocycles. The molecule has 0 aliphatic heterocycles. The van der Waals surface area contributed by atoms with Crippen LogP contribution in [0, 0.1) is 26.6 Å². The van der Waals surface area contributed by atoms with Crippen LogP contribution in [0.3, 0.4) is 0 Å². The first-order chi connectivity index (χ1) is 8.52. The molecule has 1 heterocycles. The van der Waals surface area contributed by atoms with E-state index in [1.807, 2.05) is 13.8 Å². The minimum atomic E-state index is -0.267. The molecule has 2 aromatic rings. The summed E-state index contributed by atoms with van der Waals surface area (Å²) in [6.45, 7) is 5.46.